The van der Waals surface area contributed by atoms with Gasteiger partial charge in [-0.15, -0.1) is 0 Å². The van der Waals surface area contributed by atoms with Crippen molar-refractivity contribution in [1.82, 2.24) is 5.32 Å². The number of nitrogens with one attached hydrogen (secondary N) is 1. The lowest BCUT2D eigenvalue weighted by Gasteiger charge is -2.14. The fourth-order valence-corrected chi connectivity index (χ4v) is 4.58. The molecule has 13 nitrogen and oxygen atoms in total. The normalized spacial score (nSPS) is 12.5. The largest absolute Gasteiger partial charge is 0.480 e. The van der Waals surface area contributed by atoms with Crippen molar-refractivity contribution in [3.63, 3.8) is 0 Å². The molecule has 0 spiro atoms. The van der Waals surface area contributed by atoms with E-state index in [1.165, 1.54) is 70.6 Å². The first-order valence-corrected chi connectivity index (χ1v) is 18.1. The molecule has 0 aromatic heterocycles. The van der Waals surface area contributed by atoms with Crippen LogP contribution in [0.2, 0.25) is 0 Å². The highest BCUT2D eigenvalue weighted by Crippen LogP contribution is 2.13. The van der Waals surface area contributed by atoms with E-state index in [0.29, 0.717) is 45.3 Å². The molecule has 0 saturated heterocycles. The van der Waals surface area contributed by atoms with Crippen LogP contribution in [0.3, 0.4) is 0 Å². The summed E-state index contributed by atoms with van der Waals surface area (Å²) < 4.78 is 0. The highest BCUT2D eigenvalue weighted by molar-refractivity contribution is 5.83. The third kappa shape index (κ3) is 39.8. The molecule has 47 heavy (non-hydrogen) atoms. The van der Waals surface area contributed by atoms with Crippen LogP contribution in [0, 0.1) is 0 Å². The zero-order valence-corrected chi connectivity index (χ0v) is 29.5. The van der Waals surface area contributed by atoms with Gasteiger partial charge in [0, 0.05) is 6.42 Å². The summed E-state index contributed by atoms with van der Waals surface area (Å²) in [7, 11) is 0. The summed E-state index contributed by atoms with van der Waals surface area (Å²) in [5, 5.41) is 28.4. The Morgan fingerprint density at radius 1 is 0.489 bits per heavy atom. The van der Waals surface area contributed by atoms with E-state index < -0.39 is 36.0 Å². The number of aliphatic carboxylic acids is 3. The van der Waals surface area contributed by atoms with Gasteiger partial charge in [0.1, 0.15) is 18.1 Å². The number of carboxylic acid groups (broad SMARTS) is 3. The van der Waals surface area contributed by atoms with Gasteiger partial charge in [-0.25, -0.2) is 4.79 Å². The number of carbonyl (C=O) groups excluding carboxylic acids is 1. The molecule has 0 aliphatic carbocycles. The van der Waals surface area contributed by atoms with Gasteiger partial charge in [-0.05, 0) is 71.0 Å². The van der Waals surface area contributed by atoms with E-state index in [9.17, 15) is 19.2 Å². The van der Waals surface area contributed by atoms with Gasteiger partial charge in [0.05, 0.1) is 0 Å². The van der Waals surface area contributed by atoms with Crippen molar-refractivity contribution < 1.29 is 34.5 Å². The van der Waals surface area contributed by atoms with Gasteiger partial charge in [0.15, 0.2) is 0 Å². The predicted octanol–water partition coefficient (Wildman–Crippen LogP) is 4.22. The summed E-state index contributed by atoms with van der Waals surface area (Å²) in [5.41, 5.74) is 26.3. The topological polar surface area (TPSA) is 271 Å². The lowest BCUT2D eigenvalue weighted by Crippen LogP contribution is -2.40. The molecule has 0 heterocycles. The predicted molar refractivity (Wildman–Crippen MR) is 190 cm³/mol. The number of hydrogen-bond donors (Lipinski definition) is 9. The quantitative estimate of drug-likeness (QED) is 0.0484. The fraction of sp³-hybridized carbons (Fsp3) is 0.882. The molecule has 14 N–H and O–H groups in total. The molecule has 0 aliphatic rings. The standard InChI is InChI=1S/C22H44N2O3.2C6H14N2O2/c1-2-3-4-5-6-7-8-9-10-11-12-13-14-18-21(25)24-20(22(26)27)17-15-16-19-23;2*7-4-2-1-3-5(8)6(9)10/h20H,2-19,23H2,1H3,(H,24,25)(H,26,27);2*5H,1-4,7-8H2,(H,9,10)/t20-;2*5-/m000/s1. The number of amides is 1. The maximum absolute atomic E-state index is 11.9. The molecule has 0 unspecified atom stereocenters. The van der Waals surface area contributed by atoms with Crippen molar-refractivity contribution in [2.24, 2.45) is 28.7 Å². The molecule has 0 aliphatic heterocycles. The Morgan fingerprint density at radius 3 is 1.15 bits per heavy atom. The van der Waals surface area contributed by atoms with Crippen LogP contribution in [-0.4, -0.2) is 76.9 Å². The van der Waals surface area contributed by atoms with Crippen molar-refractivity contribution in [2.75, 3.05) is 19.6 Å². The average molecular weight is 677 g/mol. The molecule has 0 saturated carbocycles. The van der Waals surface area contributed by atoms with Crippen LogP contribution < -0.4 is 34.0 Å². The molecule has 0 aromatic rings. The fourth-order valence-electron chi connectivity index (χ4n) is 4.58. The maximum atomic E-state index is 11.9. The summed E-state index contributed by atoms with van der Waals surface area (Å²) in [6, 6.07) is -2.20. The van der Waals surface area contributed by atoms with E-state index >= 15 is 0 Å². The van der Waals surface area contributed by atoms with Crippen LogP contribution in [0.1, 0.15) is 155 Å². The van der Waals surface area contributed by atoms with Gasteiger partial charge in [0.2, 0.25) is 5.91 Å². The monoisotopic (exact) mass is 677 g/mol. The molecule has 0 fully saturated rings. The Morgan fingerprint density at radius 2 is 0.830 bits per heavy atom. The van der Waals surface area contributed by atoms with Gasteiger partial charge in [-0.1, -0.05) is 96.8 Å². The third-order valence-corrected chi connectivity index (χ3v) is 7.66. The molecule has 0 aromatic carbocycles. The number of carbonyl (C=O) groups is 4. The zero-order valence-electron chi connectivity index (χ0n) is 29.5. The Bertz CT molecular complexity index is 720. The van der Waals surface area contributed by atoms with E-state index in [0.717, 1.165) is 51.4 Å². The Balaban J connectivity index is -0.000000786. The van der Waals surface area contributed by atoms with Crippen molar-refractivity contribution in [3.05, 3.63) is 0 Å². The van der Waals surface area contributed by atoms with Crippen LogP contribution in [-0.2, 0) is 19.2 Å². The van der Waals surface area contributed by atoms with E-state index in [1.54, 1.807) is 0 Å². The number of unbranched alkanes of at least 4 members (excludes halogenated alkanes) is 15. The number of hydrogen-bond acceptors (Lipinski definition) is 9. The number of nitrogens with two attached hydrogens (primary N) is 5. The zero-order chi connectivity index (χ0) is 36.1. The minimum absolute atomic E-state index is 0.141. The van der Waals surface area contributed by atoms with Gasteiger partial charge >= 0.3 is 17.9 Å². The summed E-state index contributed by atoms with van der Waals surface area (Å²) in [4.78, 5) is 43.3. The summed E-state index contributed by atoms with van der Waals surface area (Å²) in [5.74, 6) is -2.96. The van der Waals surface area contributed by atoms with E-state index in [4.69, 9.17) is 44.0 Å². The molecular formula is C34H72N6O7. The first-order chi connectivity index (χ1) is 22.5. The van der Waals surface area contributed by atoms with Crippen molar-refractivity contribution in [2.45, 2.75) is 173 Å². The van der Waals surface area contributed by atoms with E-state index in [-0.39, 0.29) is 5.91 Å². The number of carboxylic acids is 3. The minimum Gasteiger partial charge on any atom is -0.480 e. The molecule has 0 radical (unpaired) electrons. The second kappa shape index (κ2) is 38.1. The molecule has 13 heteroatoms. The third-order valence-electron chi connectivity index (χ3n) is 7.66. The summed E-state index contributed by atoms with van der Waals surface area (Å²) in [6.07, 6.45) is 23.3. The van der Waals surface area contributed by atoms with Gasteiger partial charge in [-0.3, -0.25) is 14.4 Å². The molecule has 3 atom stereocenters. The Labute approximate surface area is 284 Å². The molecule has 0 bridgehead atoms. The smallest absolute Gasteiger partial charge is 0.326 e. The highest BCUT2D eigenvalue weighted by atomic mass is 16.4. The van der Waals surface area contributed by atoms with E-state index in [2.05, 4.69) is 12.2 Å². The second-order valence-electron chi connectivity index (χ2n) is 12.2. The van der Waals surface area contributed by atoms with Crippen molar-refractivity contribution in [1.29, 1.82) is 0 Å². The van der Waals surface area contributed by atoms with E-state index in [1.807, 2.05) is 0 Å². The SMILES string of the molecule is CCCCCCCCCCCCCCCC(=O)N[C@@H](CCCCN)C(=O)O.NCCCC[C@H](N)C(=O)O.NCCCC[C@H](N)C(=O)O. The first-order valence-electron chi connectivity index (χ1n) is 18.1. The molecule has 280 valence electrons. The Kier molecular flexibility index (Phi) is 39.8. The van der Waals surface area contributed by atoms with Crippen LogP contribution in [0.15, 0.2) is 0 Å². The van der Waals surface area contributed by atoms with Crippen LogP contribution in [0.25, 0.3) is 0 Å². The molecular weight excluding hydrogens is 604 g/mol. The summed E-state index contributed by atoms with van der Waals surface area (Å²) >= 11 is 0. The molecule has 1 amide bonds. The highest BCUT2D eigenvalue weighted by Gasteiger charge is 2.18. The first kappa shape index (κ1) is 49.1. The lowest BCUT2D eigenvalue weighted by molar-refractivity contribution is -0.142. The van der Waals surface area contributed by atoms with Crippen molar-refractivity contribution in [3.8, 4) is 0 Å². The van der Waals surface area contributed by atoms with Gasteiger partial charge in [-0.2, -0.15) is 0 Å². The maximum Gasteiger partial charge on any atom is 0.326 e. The second-order valence-corrected chi connectivity index (χ2v) is 12.2. The summed E-state index contributed by atoms with van der Waals surface area (Å²) in [6.45, 7) is 4.02. The van der Waals surface area contributed by atoms with Crippen molar-refractivity contribution >= 4 is 23.8 Å². The van der Waals surface area contributed by atoms with Gasteiger partial charge < -0.3 is 49.3 Å². The van der Waals surface area contributed by atoms with Crippen LogP contribution >= 0.6 is 0 Å². The average Bonchev–Trinajstić information content (AvgIpc) is 3.03. The molecule has 0 rings (SSSR count). The Hall–Kier alpha value is -2.32. The lowest BCUT2D eigenvalue weighted by atomic mass is 10.0. The van der Waals surface area contributed by atoms with Crippen LogP contribution in [0.4, 0.5) is 0 Å². The minimum atomic E-state index is -0.953. The number of rotatable bonds is 30. The van der Waals surface area contributed by atoms with Crippen LogP contribution in [0.5, 0.6) is 0 Å². The van der Waals surface area contributed by atoms with Gasteiger partial charge in [0.25, 0.3) is 0 Å².